The Labute approximate surface area is 280 Å². The van der Waals surface area contributed by atoms with Gasteiger partial charge >= 0.3 is 5.97 Å². The van der Waals surface area contributed by atoms with E-state index < -0.39 is 5.97 Å². The molecular formula is C38H53N7O2. The molecule has 0 spiro atoms. The molecule has 3 N–H and O–H groups in total. The van der Waals surface area contributed by atoms with Crippen LogP contribution in [0.2, 0.25) is 0 Å². The number of aryl methyl sites for hydroxylation is 2. The number of anilines is 2. The Morgan fingerprint density at radius 3 is 2.32 bits per heavy atom. The van der Waals surface area contributed by atoms with E-state index in [4.69, 9.17) is 9.97 Å². The van der Waals surface area contributed by atoms with Gasteiger partial charge in [-0.1, -0.05) is 50.1 Å². The number of nitrogens with zero attached hydrogens (tertiary/aromatic N) is 5. The predicted octanol–water partition coefficient (Wildman–Crippen LogP) is 7.12. The molecule has 9 nitrogen and oxygen atoms in total. The van der Waals surface area contributed by atoms with Crippen LogP contribution < -0.4 is 10.6 Å². The number of hydrogen-bond acceptors (Lipinski definition) is 7. The fourth-order valence-electron chi connectivity index (χ4n) is 9.25. The highest BCUT2D eigenvalue weighted by Crippen LogP contribution is 2.40. The summed E-state index contributed by atoms with van der Waals surface area (Å²) in [6, 6.07) is 12.6. The fourth-order valence-corrected chi connectivity index (χ4v) is 9.25. The van der Waals surface area contributed by atoms with Crippen LogP contribution >= 0.6 is 0 Å². The lowest BCUT2D eigenvalue weighted by molar-refractivity contribution is -0.143. The quantitative estimate of drug-likeness (QED) is 0.204. The normalized spacial score (nSPS) is 27.4. The van der Waals surface area contributed by atoms with E-state index in [2.05, 4.69) is 64.1 Å². The SMILES string of the molecule is CC[C@@H](Nc1nc2c(c(N[C@@H](CN3C4CCCC3CCC4)c3cnn(C)c3)n1)C[C@H](c1ccccc1)CC2)C1CCC(C(=O)O)CC1. The highest BCUT2D eigenvalue weighted by molar-refractivity contribution is 5.70. The Kier molecular flexibility index (Phi) is 9.80. The van der Waals surface area contributed by atoms with Gasteiger partial charge in [-0.15, -0.1) is 0 Å². The minimum Gasteiger partial charge on any atom is -0.481 e. The predicted molar refractivity (Wildman–Crippen MR) is 186 cm³/mol. The maximum absolute atomic E-state index is 11.6. The van der Waals surface area contributed by atoms with E-state index >= 15 is 0 Å². The Morgan fingerprint density at radius 1 is 0.957 bits per heavy atom. The summed E-state index contributed by atoms with van der Waals surface area (Å²) < 4.78 is 1.92. The molecule has 2 aliphatic carbocycles. The highest BCUT2D eigenvalue weighted by Gasteiger charge is 2.36. The molecule has 0 unspecified atom stereocenters. The Balaban J connectivity index is 1.20. The van der Waals surface area contributed by atoms with Crippen molar-refractivity contribution in [2.45, 2.75) is 127 Å². The first-order valence-corrected chi connectivity index (χ1v) is 18.4. The zero-order valence-corrected chi connectivity index (χ0v) is 28.3. The van der Waals surface area contributed by atoms with Gasteiger partial charge in [0.1, 0.15) is 5.82 Å². The second-order valence-electron chi connectivity index (χ2n) is 14.8. The Morgan fingerprint density at radius 2 is 1.68 bits per heavy atom. The third-order valence-electron chi connectivity index (χ3n) is 11.9. The second kappa shape index (κ2) is 14.3. The second-order valence-corrected chi connectivity index (χ2v) is 14.8. The molecular weight excluding hydrogens is 586 g/mol. The molecule has 9 heteroatoms. The lowest BCUT2D eigenvalue weighted by Gasteiger charge is -2.47. The zero-order valence-electron chi connectivity index (χ0n) is 28.3. The van der Waals surface area contributed by atoms with Gasteiger partial charge in [0.05, 0.1) is 23.9 Å². The van der Waals surface area contributed by atoms with E-state index in [1.807, 2.05) is 17.9 Å². The van der Waals surface area contributed by atoms with Gasteiger partial charge in [0.2, 0.25) is 5.95 Å². The molecule has 3 atom stereocenters. The summed E-state index contributed by atoms with van der Waals surface area (Å²) in [7, 11) is 2.00. The zero-order chi connectivity index (χ0) is 32.3. The number of fused-ring (bicyclic) bond motifs is 3. The number of carboxylic acids is 1. The van der Waals surface area contributed by atoms with E-state index in [9.17, 15) is 9.90 Å². The van der Waals surface area contributed by atoms with Crippen LogP contribution in [0.3, 0.4) is 0 Å². The molecule has 2 saturated heterocycles. The molecule has 3 aromatic rings. The molecule has 1 aromatic carbocycles. The third kappa shape index (κ3) is 7.20. The largest absolute Gasteiger partial charge is 0.481 e. The number of carboxylic acid groups (broad SMARTS) is 1. The van der Waals surface area contributed by atoms with E-state index in [1.165, 1.54) is 55.2 Å². The first kappa shape index (κ1) is 32.1. The Hall–Kier alpha value is -3.46. The summed E-state index contributed by atoms with van der Waals surface area (Å²) in [6.07, 6.45) is 19.4. The van der Waals surface area contributed by atoms with E-state index in [0.717, 1.165) is 69.4 Å². The van der Waals surface area contributed by atoms with Crippen molar-refractivity contribution in [1.29, 1.82) is 0 Å². The van der Waals surface area contributed by atoms with Gasteiger partial charge < -0.3 is 15.7 Å². The van der Waals surface area contributed by atoms with Crippen LogP contribution in [0.5, 0.6) is 0 Å². The van der Waals surface area contributed by atoms with E-state index in [-0.39, 0.29) is 18.0 Å². The van der Waals surface area contributed by atoms with Crippen molar-refractivity contribution >= 4 is 17.7 Å². The molecule has 47 heavy (non-hydrogen) atoms. The van der Waals surface area contributed by atoms with E-state index in [0.29, 0.717) is 29.9 Å². The number of carbonyl (C=O) groups is 1. The third-order valence-corrected chi connectivity index (χ3v) is 11.9. The topological polar surface area (TPSA) is 108 Å². The molecule has 7 rings (SSSR count). The number of benzene rings is 1. The van der Waals surface area contributed by atoms with Crippen molar-refractivity contribution in [3.05, 3.63) is 65.1 Å². The van der Waals surface area contributed by atoms with Crippen LogP contribution in [0.1, 0.15) is 118 Å². The van der Waals surface area contributed by atoms with Crippen LogP contribution in [-0.2, 0) is 24.7 Å². The van der Waals surface area contributed by atoms with Crippen LogP contribution in [0.4, 0.5) is 11.8 Å². The maximum Gasteiger partial charge on any atom is 0.306 e. The number of rotatable bonds is 11. The highest BCUT2D eigenvalue weighted by atomic mass is 16.4. The van der Waals surface area contributed by atoms with Crippen LogP contribution in [0.25, 0.3) is 0 Å². The standard InChI is InChI=1S/C38H53N7O2/c1-3-33(26-15-17-27(18-16-26)37(46)47)41-38-42-34-20-19-28(25-9-5-4-6-10-25)21-32(34)36(43-38)40-35(29-22-39-44(2)23-29)24-45-30-11-7-12-31(45)14-8-13-30/h4-6,9-10,22-23,26-28,30-31,33,35H,3,7-8,11-21,24H2,1-2H3,(H,46,47)(H2,40,41,42,43)/t26?,27?,28-,30?,31?,33-,35+/m1/s1. The van der Waals surface area contributed by atoms with Gasteiger partial charge in [-0.25, -0.2) is 4.98 Å². The molecule has 4 aliphatic rings. The molecule has 2 aliphatic heterocycles. The molecule has 4 heterocycles. The number of piperidine rings is 2. The van der Waals surface area contributed by atoms with Gasteiger partial charge in [-0.05, 0) is 94.4 Å². The van der Waals surface area contributed by atoms with Crippen molar-refractivity contribution < 1.29 is 9.90 Å². The van der Waals surface area contributed by atoms with Gasteiger partial charge in [-0.3, -0.25) is 14.4 Å². The van der Waals surface area contributed by atoms with Crippen LogP contribution in [0.15, 0.2) is 42.7 Å². The maximum atomic E-state index is 11.6. The van der Waals surface area contributed by atoms with E-state index in [1.54, 1.807) is 0 Å². The molecule has 252 valence electrons. The summed E-state index contributed by atoms with van der Waals surface area (Å²) >= 11 is 0. The summed E-state index contributed by atoms with van der Waals surface area (Å²) in [5.74, 6) is 1.67. The van der Waals surface area contributed by atoms with Gasteiger partial charge in [0, 0.05) is 49.0 Å². The summed E-state index contributed by atoms with van der Waals surface area (Å²) in [4.78, 5) is 24.9. The average Bonchev–Trinajstić information content (AvgIpc) is 3.53. The molecule has 0 radical (unpaired) electrons. The minimum atomic E-state index is -0.650. The van der Waals surface area contributed by atoms with Crippen molar-refractivity contribution in [1.82, 2.24) is 24.6 Å². The van der Waals surface area contributed by atoms with Crippen molar-refractivity contribution in [3.63, 3.8) is 0 Å². The summed E-state index contributed by atoms with van der Waals surface area (Å²) in [5.41, 5.74) is 4.99. The average molecular weight is 640 g/mol. The van der Waals surface area contributed by atoms with Crippen LogP contribution in [-0.4, -0.2) is 60.4 Å². The Bertz CT molecular complexity index is 1480. The lowest BCUT2D eigenvalue weighted by atomic mass is 9.78. The van der Waals surface area contributed by atoms with Crippen LogP contribution in [0, 0.1) is 11.8 Å². The van der Waals surface area contributed by atoms with Gasteiger partial charge in [0.15, 0.2) is 0 Å². The minimum absolute atomic E-state index is 0.0714. The number of nitrogens with one attached hydrogen (secondary N) is 2. The number of hydrogen-bond donors (Lipinski definition) is 3. The molecule has 2 aromatic heterocycles. The smallest absolute Gasteiger partial charge is 0.306 e. The summed E-state index contributed by atoms with van der Waals surface area (Å²) in [6.45, 7) is 3.17. The molecule has 0 amide bonds. The van der Waals surface area contributed by atoms with Gasteiger partial charge in [-0.2, -0.15) is 10.1 Å². The number of aromatic nitrogens is 4. The molecule has 2 bridgehead atoms. The fraction of sp³-hybridized carbons (Fsp3) is 0.632. The van der Waals surface area contributed by atoms with Crippen molar-refractivity contribution in [2.75, 3.05) is 17.2 Å². The first-order valence-electron chi connectivity index (χ1n) is 18.4. The van der Waals surface area contributed by atoms with Gasteiger partial charge in [0.25, 0.3) is 0 Å². The first-order chi connectivity index (χ1) is 22.9. The number of aliphatic carboxylic acids is 1. The summed E-state index contributed by atoms with van der Waals surface area (Å²) in [5, 5.41) is 21.9. The van der Waals surface area contributed by atoms with Crippen molar-refractivity contribution in [3.8, 4) is 0 Å². The molecule has 3 fully saturated rings. The lowest BCUT2D eigenvalue weighted by Crippen LogP contribution is -2.51. The van der Waals surface area contributed by atoms with Crippen molar-refractivity contribution in [2.24, 2.45) is 18.9 Å². The monoisotopic (exact) mass is 639 g/mol. The molecule has 1 saturated carbocycles.